The smallest absolute Gasteiger partial charge is 0.133 e. The summed E-state index contributed by atoms with van der Waals surface area (Å²) in [4.78, 5) is 0. The van der Waals surface area contributed by atoms with E-state index < -0.39 is 0 Å². The Kier molecular flexibility index (Phi) is 4.10. The first-order valence-electron chi connectivity index (χ1n) is 6.15. The molecule has 0 heterocycles. The van der Waals surface area contributed by atoms with Crippen LogP contribution in [0, 0.1) is 11.8 Å². The highest BCUT2D eigenvalue weighted by atomic mass is 79.9. The topological polar surface area (TPSA) is 29.5 Å². The first-order chi connectivity index (χ1) is 8.13. The van der Waals surface area contributed by atoms with Crippen LogP contribution in [0.2, 0.25) is 0 Å². The second kappa shape index (κ2) is 5.40. The van der Waals surface area contributed by atoms with Crippen LogP contribution in [0.25, 0.3) is 0 Å². The van der Waals surface area contributed by atoms with Gasteiger partial charge in [0, 0.05) is 0 Å². The van der Waals surface area contributed by atoms with Crippen molar-refractivity contribution in [1.82, 2.24) is 0 Å². The van der Waals surface area contributed by atoms with Gasteiger partial charge in [-0.1, -0.05) is 25.8 Å². The van der Waals surface area contributed by atoms with Crippen molar-refractivity contribution in [2.24, 2.45) is 11.8 Å². The summed E-state index contributed by atoms with van der Waals surface area (Å²) in [6, 6.07) is 5.83. The van der Waals surface area contributed by atoms with Crippen LogP contribution in [-0.2, 0) is 0 Å². The number of hydrogen-bond donors (Lipinski definition) is 1. The Labute approximate surface area is 111 Å². The third-order valence-corrected chi connectivity index (χ3v) is 4.47. The number of halogens is 1. The lowest BCUT2D eigenvalue weighted by Gasteiger charge is -2.23. The Morgan fingerprint density at radius 2 is 2.18 bits per heavy atom. The van der Waals surface area contributed by atoms with Crippen LogP contribution in [-0.4, -0.2) is 12.2 Å². The molecule has 0 aliphatic heterocycles. The third-order valence-electron chi connectivity index (χ3n) is 3.85. The summed E-state index contributed by atoms with van der Waals surface area (Å²) in [5.74, 6) is 1.82. The SMILES string of the molecule is COc1ccc(C(O)C2CCCC2C)cc1Br. The average Bonchev–Trinajstić information content (AvgIpc) is 2.74. The highest BCUT2D eigenvalue weighted by Crippen LogP contribution is 2.41. The van der Waals surface area contributed by atoms with Gasteiger partial charge in [0.05, 0.1) is 17.7 Å². The van der Waals surface area contributed by atoms with Gasteiger partial charge >= 0.3 is 0 Å². The van der Waals surface area contributed by atoms with E-state index in [1.54, 1.807) is 7.11 Å². The second-order valence-electron chi connectivity index (χ2n) is 4.91. The molecule has 1 aliphatic carbocycles. The van der Waals surface area contributed by atoms with Crippen molar-refractivity contribution in [2.45, 2.75) is 32.3 Å². The van der Waals surface area contributed by atoms with E-state index >= 15 is 0 Å². The van der Waals surface area contributed by atoms with Gasteiger partial charge in [0.15, 0.2) is 0 Å². The Balaban J connectivity index is 2.19. The van der Waals surface area contributed by atoms with E-state index in [-0.39, 0.29) is 6.10 Å². The lowest BCUT2D eigenvalue weighted by atomic mass is 9.88. The molecule has 1 saturated carbocycles. The van der Waals surface area contributed by atoms with E-state index in [1.807, 2.05) is 18.2 Å². The second-order valence-corrected chi connectivity index (χ2v) is 5.77. The molecule has 0 saturated heterocycles. The molecular formula is C14H19BrO2. The standard InChI is InChI=1S/C14H19BrO2/c1-9-4-3-5-11(9)14(16)10-6-7-13(17-2)12(15)8-10/h6-9,11,14,16H,3-5H2,1-2H3. The van der Waals surface area contributed by atoms with Gasteiger partial charge in [0.2, 0.25) is 0 Å². The highest BCUT2D eigenvalue weighted by molar-refractivity contribution is 9.10. The van der Waals surface area contributed by atoms with Crippen molar-refractivity contribution in [1.29, 1.82) is 0 Å². The summed E-state index contributed by atoms with van der Waals surface area (Å²) in [6.45, 7) is 2.24. The van der Waals surface area contributed by atoms with Crippen molar-refractivity contribution in [3.05, 3.63) is 28.2 Å². The minimum Gasteiger partial charge on any atom is -0.496 e. The molecule has 94 valence electrons. The third kappa shape index (κ3) is 2.66. The summed E-state index contributed by atoms with van der Waals surface area (Å²) in [5.41, 5.74) is 0.983. The van der Waals surface area contributed by atoms with Gasteiger partial charge in [-0.25, -0.2) is 0 Å². The molecule has 0 bridgehead atoms. The molecule has 3 atom stereocenters. The van der Waals surface area contributed by atoms with Crippen molar-refractivity contribution in [2.75, 3.05) is 7.11 Å². The van der Waals surface area contributed by atoms with Gasteiger partial charge in [0.25, 0.3) is 0 Å². The maximum Gasteiger partial charge on any atom is 0.133 e. The predicted octanol–water partition coefficient (Wildman–Crippen LogP) is 3.93. The summed E-state index contributed by atoms with van der Waals surface area (Å²) in [6.07, 6.45) is 3.25. The average molecular weight is 299 g/mol. The number of ether oxygens (including phenoxy) is 1. The van der Waals surface area contributed by atoms with Gasteiger partial charge in [-0.3, -0.25) is 0 Å². The quantitative estimate of drug-likeness (QED) is 0.916. The molecule has 0 spiro atoms. The molecule has 1 aliphatic rings. The van der Waals surface area contributed by atoms with Crippen LogP contribution >= 0.6 is 15.9 Å². The number of methoxy groups -OCH3 is 1. The number of benzene rings is 1. The number of rotatable bonds is 3. The Morgan fingerprint density at radius 1 is 1.41 bits per heavy atom. The molecule has 2 rings (SSSR count). The summed E-state index contributed by atoms with van der Waals surface area (Å²) in [7, 11) is 1.65. The Hall–Kier alpha value is -0.540. The predicted molar refractivity (Wildman–Crippen MR) is 72.2 cm³/mol. The van der Waals surface area contributed by atoms with Gasteiger partial charge in [-0.2, -0.15) is 0 Å². The molecule has 0 amide bonds. The van der Waals surface area contributed by atoms with E-state index in [0.717, 1.165) is 22.2 Å². The Morgan fingerprint density at radius 3 is 2.71 bits per heavy atom. The van der Waals surface area contributed by atoms with Crippen molar-refractivity contribution in [3.63, 3.8) is 0 Å². The molecule has 1 N–H and O–H groups in total. The van der Waals surface area contributed by atoms with Gasteiger partial charge < -0.3 is 9.84 Å². The summed E-state index contributed by atoms with van der Waals surface area (Å²) >= 11 is 3.46. The van der Waals surface area contributed by atoms with Crippen LogP contribution < -0.4 is 4.74 Å². The van der Waals surface area contributed by atoms with E-state index in [0.29, 0.717) is 11.8 Å². The molecular weight excluding hydrogens is 280 g/mol. The first kappa shape index (κ1) is 12.9. The fourth-order valence-electron chi connectivity index (χ4n) is 2.76. The number of hydrogen-bond acceptors (Lipinski definition) is 2. The maximum absolute atomic E-state index is 10.4. The van der Waals surface area contributed by atoms with Crippen LogP contribution in [0.1, 0.15) is 37.9 Å². The van der Waals surface area contributed by atoms with Crippen LogP contribution in [0.4, 0.5) is 0 Å². The molecule has 3 unspecified atom stereocenters. The van der Waals surface area contributed by atoms with E-state index in [2.05, 4.69) is 22.9 Å². The molecule has 0 aromatic heterocycles. The monoisotopic (exact) mass is 298 g/mol. The zero-order valence-electron chi connectivity index (χ0n) is 10.3. The van der Waals surface area contributed by atoms with E-state index in [9.17, 15) is 5.11 Å². The molecule has 1 fully saturated rings. The Bertz CT molecular complexity index is 392. The molecule has 2 nitrogen and oxygen atoms in total. The van der Waals surface area contributed by atoms with Crippen molar-refractivity contribution >= 4 is 15.9 Å². The molecule has 0 radical (unpaired) electrons. The lowest BCUT2D eigenvalue weighted by molar-refractivity contribution is 0.0899. The van der Waals surface area contributed by atoms with Crippen molar-refractivity contribution in [3.8, 4) is 5.75 Å². The van der Waals surface area contributed by atoms with E-state index in [4.69, 9.17) is 4.74 Å². The fraction of sp³-hybridized carbons (Fsp3) is 0.571. The van der Waals surface area contributed by atoms with Crippen LogP contribution in [0.5, 0.6) is 5.75 Å². The van der Waals surface area contributed by atoms with Crippen LogP contribution in [0.3, 0.4) is 0 Å². The number of aliphatic hydroxyl groups is 1. The number of aliphatic hydroxyl groups excluding tert-OH is 1. The highest BCUT2D eigenvalue weighted by Gasteiger charge is 2.30. The zero-order chi connectivity index (χ0) is 12.4. The minimum atomic E-state index is -0.352. The molecule has 1 aromatic rings. The largest absolute Gasteiger partial charge is 0.496 e. The summed E-state index contributed by atoms with van der Waals surface area (Å²) in [5, 5.41) is 10.4. The van der Waals surface area contributed by atoms with Crippen molar-refractivity contribution < 1.29 is 9.84 Å². The fourth-order valence-corrected chi connectivity index (χ4v) is 3.32. The molecule has 17 heavy (non-hydrogen) atoms. The lowest BCUT2D eigenvalue weighted by Crippen LogP contribution is -2.15. The van der Waals surface area contributed by atoms with Gasteiger partial charge in [-0.05, 0) is 51.9 Å². The maximum atomic E-state index is 10.4. The summed E-state index contributed by atoms with van der Waals surface area (Å²) < 4.78 is 6.10. The normalized spacial score (nSPS) is 25.9. The zero-order valence-corrected chi connectivity index (χ0v) is 11.9. The van der Waals surface area contributed by atoms with Gasteiger partial charge in [-0.15, -0.1) is 0 Å². The first-order valence-corrected chi connectivity index (χ1v) is 6.94. The molecule has 1 aromatic carbocycles. The van der Waals surface area contributed by atoms with Gasteiger partial charge in [0.1, 0.15) is 5.75 Å². The van der Waals surface area contributed by atoms with Crippen LogP contribution in [0.15, 0.2) is 22.7 Å². The minimum absolute atomic E-state index is 0.352. The van der Waals surface area contributed by atoms with E-state index in [1.165, 1.54) is 12.8 Å². The molecule has 3 heteroatoms.